The highest BCUT2D eigenvalue weighted by Crippen LogP contribution is 2.26. The van der Waals surface area contributed by atoms with Crippen LogP contribution in [-0.4, -0.2) is 56.0 Å². The molecule has 0 N–H and O–H groups in total. The number of amides is 1. The van der Waals surface area contributed by atoms with Crippen molar-refractivity contribution in [2.75, 3.05) is 30.5 Å². The van der Waals surface area contributed by atoms with Crippen molar-refractivity contribution in [3.05, 3.63) is 71.4 Å². The fourth-order valence-corrected chi connectivity index (χ4v) is 5.59. The second-order valence-corrected chi connectivity index (χ2v) is 10.7. The summed E-state index contributed by atoms with van der Waals surface area (Å²) in [5, 5.41) is 4.00. The van der Waals surface area contributed by atoms with Gasteiger partial charge in [-0.1, -0.05) is 47.1 Å². The van der Waals surface area contributed by atoms with Gasteiger partial charge in [-0.25, -0.2) is 8.42 Å². The van der Waals surface area contributed by atoms with E-state index in [1.165, 1.54) is 0 Å². The number of carbonyl (C=O) groups is 1. The molecule has 0 radical (unpaired) electrons. The van der Waals surface area contributed by atoms with Crippen LogP contribution < -0.4 is 4.90 Å². The lowest BCUT2D eigenvalue weighted by Crippen LogP contribution is -2.40. The van der Waals surface area contributed by atoms with E-state index in [0.29, 0.717) is 18.7 Å². The molecule has 7 nitrogen and oxygen atoms in total. The molecule has 1 atom stereocenters. The molecule has 1 amide bonds. The van der Waals surface area contributed by atoms with Gasteiger partial charge in [0, 0.05) is 44.0 Å². The number of aromatic nitrogens is 1. The van der Waals surface area contributed by atoms with Gasteiger partial charge >= 0.3 is 0 Å². The van der Waals surface area contributed by atoms with Crippen LogP contribution in [0.1, 0.15) is 28.0 Å². The zero-order valence-corrected chi connectivity index (χ0v) is 19.3. The van der Waals surface area contributed by atoms with E-state index in [-0.39, 0.29) is 29.1 Å². The molecule has 1 aliphatic heterocycles. The first-order chi connectivity index (χ1) is 15.2. The van der Waals surface area contributed by atoms with Crippen LogP contribution in [0.3, 0.4) is 0 Å². The van der Waals surface area contributed by atoms with Crippen LogP contribution in [0.25, 0.3) is 11.3 Å². The first kappa shape index (κ1) is 22.1. The summed E-state index contributed by atoms with van der Waals surface area (Å²) in [6.07, 6.45) is 0.423. The van der Waals surface area contributed by atoms with Crippen LogP contribution in [0.15, 0.2) is 59.1 Å². The summed E-state index contributed by atoms with van der Waals surface area (Å²) in [6.45, 7) is 2.30. The van der Waals surface area contributed by atoms with Gasteiger partial charge in [0.05, 0.1) is 11.5 Å². The van der Waals surface area contributed by atoms with Crippen LogP contribution >= 0.6 is 0 Å². The molecular weight excluding hydrogens is 426 g/mol. The minimum Gasteiger partial charge on any atom is -0.378 e. The Bertz CT molecular complexity index is 1200. The Balaban J connectivity index is 1.60. The van der Waals surface area contributed by atoms with Crippen LogP contribution in [0.5, 0.6) is 0 Å². The maximum Gasteiger partial charge on any atom is 0.276 e. The van der Waals surface area contributed by atoms with Gasteiger partial charge in [-0.15, -0.1) is 0 Å². The first-order valence-electron chi connectivity index (χ1n) is 10.5. The van der Waals surface area contributed by atoms with Gasteiger partial charge in [0.15, 0.2) is 21.3 Å². The predicted molar refractivity (Wildman–Crippen MR) is 124 cm³/mol. The third-order valence-corrected chi connectivity index (χ3v) is 7.53. The number of rotatable bonds is 6. The Morgan fingerprint density at radius 2 is 1.78 bits per heavy atom. The van der Waals surface area contributed by atoms with Crippen LogP contribution in [0, 0.1) is 6.92 Å². The maximum absolute atomic E-state index is 13.4. The molecule has 1 unspecified atom stereocenters. The number of anilines is 1. The van der Waals surface area contributed by atoms with Gasteiger partial charge in [0.25, 0.3) is 5.91 Å². The van der Waals surface area contributed by atoms with Gasteiger partial charge in [0.2, 0.25) is 0 Å². The smallest absolute Gasteiger partial charge is 0.276 e. The quantitative estimate of drug-likeness (QED) is 0.568. The summed E-state index contributed by atoms with van der Waals surface area (Å²) in [5.74, 6) is 0.236. The highest BCUT2D eigenvalue weighted by atomic mass is 32.2. The highest BCUT2D eigenvalue weighted by molar-refractivity contribution is 7.91. The molecule has 0 spiro atoms. The van der Waals surface area contributed by atoms with E-state index in [9.17, 15) is 13.2 Å². The lowest BCUT2D eigenvalue weighted by Gasteiger charge is -2.27. The third kappa shape index (κ3) is 4.85. The molecule has 4 rings (SSSR count). The van der Waals surface area contributed by atoms with Crippen LogP contribution in [-0.2, 0) is 16.4 Å². The minimum atomic E-state index is -3.15. The SMILES string of the molecule is Cc1ccc(-c2cc(C(=O)N(Cc3ccc(N(C)C)cc3)C3CCS(=O)(=O)C3)no2)cc1. The molecular formula is C24H27N3O4S. The maximum atomic E-state index is 13.4. The molecule has 1 aromatic heterocycles. The van der Waals surface area contributed by atoms with Crippen molar-refractivity contribution in [2.24, 2.45) is 0 Å². The lowest BCUT2D eigenvalue weighted by molar-refractivity contribution is 0.0670. The summed E-state index contributed by atoms with van der Waals surface area (Å²) in [6, 6.07) is 16.9. The third-order valence-electron chi connectivity index (χ3n) is 5.78. The molecule has 1 fully saturated rings. The molecule has 32 heavy (non-hydrogen) atoms. The predicted octanol–water partition coefficient (Wildman–Crippen LogP) is 3.55. The minimum absolute atomic E-state index is 0.0306. The van der Waals surface area contributed by atoms with Crippen molar-refractivity contribution in [3.8, 4) is 11.3 Å². The molecule has 2 heterocycles. The van der Waals surface area contributed by atoms with Crippen molar-refractivity contribution in [2.45, 2.75) is 25.9 Å². The summed E-state index contributed by atoms with van der Waals surface area (Å²) in [7, 11) is 0.773. The average molecular weight is 454 g/mol. The van der Waals surface area contributed by atoms with E-state index in [1.54, 1.807) is 11.0 Å². The Morgan fingerprint density at radius 3 is 2.38 bits per heavy atom. The number of sulfone groups is 1. The fourth-order valence-electron chi connectivity index (χ4n) is 3.86. The topological polar surface area (TPSA) is 83.7 Å². The van der Waals surface area contributed by atoms with Gasteiger partial charge < -0.3 is 14.3 Å². The Hall–Kier alpha value is -3.13. The van der Waals surface area contributed by atoms with Gasteiger partial charge in [-0.05, 0) is 31.0 Å². The second-order valence-electron chi connectivity index (χ2n) is 8.49. The van der Waals surface area contributed by atoms with Crippen molar-refractivity contribution in [1.82, 2.24) is 10.1 Å². The Labute approximate surface area is 188 Å². The van der Waals surface area contributed by atoms with Crippen molar-refractivity contribution in [3.63, 3.8) is 0 Å². The highest BCUT2D eigenvalue weighted by Gasteiger charge is 2.36. The first-order valence-corrected chi connectivity index (χ1v) is 12.4. The summed E-state index contributed by atoms with van der Waals surface area (Å²) < 4.78 is 29.7. The molecule has 0 aliphatic carbocycles. The standard InChI is InChI=1S/C24H27N3O4S/c1-17-4-8-19(9-5-17)23-14-22(25-31-23)24(28)27(21-12-13-32(29,30)16-21)15-18-6-10-20(11-7-18)26(2)3/h4-11,14,21H,12-13,15-16H2,1-3H3. The van der Waals surface area contributed by atoms with E-state index in [0.717, 1.165) is 22.4 Å². The number of hydrogen-bond acceptors (Lipinski definition) is 6. The zero-order valence-electron chi connectivity index (χ0n) is 18.5. The molecule has 168 valence electrons. The van der Waals surface area contributed by atoms with E-state index in [1.807, 2.05) is 74.4 Å². The molecule has 0 bridgehead atoms. The van der Waals surface area contributed by atoms with E-state index >= 15 is 0 Å². The van der Waals surface area contributed by atoms with E-state index in [2.05, 4.69) is 5.16 Å². The van der Waals surface area contributed by atoms with Crippen molar-refractivity contribution < 1.29 is 17.7 Å². The second kappa shape index (κ2) is 8.78. The van der Waals surface area contributed by atoms with E-state index in [4.69, 9.17) is 4.52 Å². The lowest BCUT2D eigenvalue weighted by atomic mass is 10.1. The van der Waals surface area contributed by atoms with Crippen molar-refractivity contribution in [1.29, 1.82) is 0 Å². The molecule has 8 heteroatoms. The molecule has 3 aromatic rings. The van der Waals surface area contributed by atoms with Gasteiger partial charge in [-0.3, -0.25) is 4.79 Å². The zero-order chi connectivity index (χ0) is 22.9. The summed E-state index contributed by atoms with van der Waals surface area (Å²) in [4.78, 5) is 17.0. The molecule has 0 saturated carbocycles. The fraction of sp³-hybridized carbons (Fsp3) is 0.333. The normalized spacial score (nSPS) is 17.3. The summed E-state index contributed by atoms with van der Waals surface area (Å²) >= 11 is 0. The van der Waals surface area contributed by atoms with Crippen LogP contribution in [0.2, 0.25) is 0 Å². The molecule has 1 saturated heterocycles. The number of benzene rings is 2. The van der Waals surface area contributed by atoms with Gasteiger partial charge in [0.1, 0.15) is 0 Å². The van der Waals surface area contributed by atoms with Crippen LogP contribution in [0.4, 0.5) is 5.69 Å². The number of nitrogens with zero attached hydrogens (tertiary/aromatic N) is 3. The molecule has 1 aliphatic rings. The monoisotopic (exact) mass is 453 g/mol. The largest absolute Gasteiger partial charge is 0.378 e. The van der Waals surface area contributed by atoms with E-state index < -0.39 is 9.84 Å². The van der Waals surface area contributed by atoms with Crippen molar-refractivity contribution >= 4 is 21.4 Å². The summed E-state index contributed by atoms with van der Waals surface area (Å²) in [5.41, 5.74) is 4.11. The average Bonchev–Trinajstić information content (AvgIpc) is 3.39. The van der Waals surface area contributed by atoms with Gasteiger partial charge in [-0.2, -0.15) is 0 Å². The number of aryl methyl sites for hydroxylation is 1. The number of carbonyl (C=O) groups excluding carboxylic acids is 1. The molecule has 2 aromatic carbocycles. The Kier molecular flexibility index (Phi) is 6.06. The number of hydrogen-bond donors (Lipinski definition) is 0. The Morgan fingerprint density at radius 1 is 1.09 bits per heavy atom.